The minimum atomic E-state index is -0.429. The van der Waals surface area contributed by atoms with Crippen LogP contribution in [0.2, 0.25) is 0 Å². The van der Waals surface area contributed by atoms with Crippen LogP contribution in [-0.4, -0.2) is 31.7 Å². The molecule has 0 aliphatic carbocycles. The molecule has 2 aromatic heterocycles. The maximum atomic E-state index is 10.8. The van der Waals surface area contributed by atoms with E-state index in [2.05, 4.69) is 33.5 Å². The molecule has 3 aromatic rings. The molecular formula is C22H25N5O2. The van der Waals surface area contributed by atoms with E-state index in [1.807, 2.05) is 57.2 Å². The van der Waals surface area contributed by atoms with Crippen LogP contribution in [0.3, 0.4) is 0 Å². The second-order valence-corrected chi connectivity index (χ2v) is 7.03. The van der Waals surface area contributed by atoms with Crippen molar-refractivity contribution in [1.82, 2.24) is 25.2 Å². The molecule has 0 saturated heterocycles. The Hall–Kier alpha value is -3.35. The first-order valence-corrected chi connectivity index (χ1v) is 9.69. The first-order valence-electron chi connectivity index (χ1n) is 9.69. The first kappa shape index (κ1) is 20.4. The molecule has 0 amide bonds. The second kappa shape index (κ2) is 9.23. The summed E-state index contributed by atoms with van der Waals surface area (Å²) < 4.78 is 6.84. The van der Waals surface area contributed by atoms with Crippen molar-refractivity contribution in [2.24, 2.45) is 5.92 Å². The predicted octanol–water partition coefficient (Wildman–Crippen LogP) is 4.45. The number of carbonyl (C=O) groups excluding carboxylic acids is 1. The number of ether oxygens (including phenoxy) is 1. The molecule has 0 radical (unpaired) electrons. The lowest BCUT2D eigenvalue weighted by Gasteiger charge is -2.15. The van der Waals surface area contributed by atoms with Gasteiger partial charge in [-0.15, -0.1) is 15.3 Å². The highest BCUT2D eigenvalue weighted by Gasteiger charge is 2.21. The molecule has 0 N–H and O–H groups in total. The Morgan fingerprint density at radius 1 is 1.21 bits per heavy atom. The van der Waals surface area contributed by atoms with Crippen LogP contribution in [0, 0.1) is 5.92 Å². The normalized spacial score (nSPS) is 13.3. The van der Waals surface area contributed by atoms with E-state index < -0.39 is 6.10 Å². The van der Waals surface area contributed by atoms with Gasteiger partial charge in [-0.25, -0.2) is 4.68 Å². The largest absolute Gasteiger partial charge is 0.458 e. The number of nitrogens with zero attached hydrogens (tertiary/aromatic N) is 5. The molecule has 0 bridgehead atoms. The first-order chi connectivity index (χ1) is 14.1. The van der Waals surface area contributed by atoms with Gasteiger partial charge in [0, 0.05) is 5.39 Å². The van der Waals surface area contributed by atoms with E-state index >= 15 is 0 Å². The summed E-state index contributed by atoms with van der Waals surface area (Å²) in [4.78, 5) is 10.8. The van der Waals surface area contributed by atoms with Crippen molar-refractivity contribution in [3.63, 3.8) is 0 Å². The van der Waals surface area contributed by atoms with Crippen molar-refractivity contribution < 1.29 is 9.53 Å². The van der Waals surface area contributed by atoms with Crippen LogP contribution in [0.5, 0.6) is 0 Å². The predicted molar refractivity (Wildman–Crippen MR) is 112 cm³/mol. The molecule has 1 aromatic carbocycles. The maximum Gasteiger partial charge on any atom is 0.293 e. The van der Waals surface area contributed by atoms with Crippen molar-refractivity contribution in [1.29, 1.82) is 0 Å². The van der Waals surface area contributed by atoms with Crippen LogP contribution < -0.4 is 0 Å². The molecule has 2 heterocycles. The Morgan fingerprint density at radius 2 is 2.03 bits per heavy atom. The third-order valence-corrected chi connectivity index (χ3v) is 4.51. The van der Waals surface area contributed by atoms with Crippen molar-refractivity contribution in [3.05, 3.63) is 60.1 Å². The highest BCUT2D eigenvalue weighted by atomic mass is 16.5. The fourth-order valence-corrected chi connectivity index (χ4v) is 3.14. The van der Waals surface area contributed by atoms with E-state index in [4.69, 9.17) is 4.74 Å². The molecule has 1 atom stereocenters. The number of rotatable bonds is 8. The Labute approximate surface area is 170 Å². The van der Waals surface area contributed by atoms with Gasteiger partial charge in [-0.3, -0.25) is 4.79 Å². The van der Waals surface area contributed by atoms with E-state index in [0.29, 0.717) is 12.2 Å². The zero-order valence-corrected chi connectivity index (χ0v) is 17.1. The van der Waals surface area contributed by atoms with E-state index in [1.54, 1.807) is 10.9 Å². The Kier molecular flexibility index (Phi) is 6.49. The fraction of sp³-hybridized carbons (Fsp3) is 0.318. The molecule has 7 heteroatoms. The summed E-state index contributed by atoms with van der Waals surface area (Å²) in [5, 5.41) is 18.1. The second-order valence-electron chi connectivity index (χ2n) is 7.03. The molecule has 0 aliphatic heterocycles. The van der Waals surface area contributed by atoms with Crippen molar-refractivity contribution in [2.75, 3.05) is 0 Å². The number of benzene rings is 1. The van der Waals surface area contributed by atoms with Gasteiger partial charge in [-0.2, -0.15) is 0 Å². The zero-order valence-electron chi connectivity index (χ0n) is 17.1. The van der Waals surface area contributed by atoms with Crippen LogP contribution >= 0.6 is 0 Å². The molecule has 0 spiro atoms. The lowest BCUT2D eigenvalue weighted by Crippen LogP contribution is -2.10. The van der Waals surface area contributed by atoms with Crippen LogP contribution in [-0.2, 0) is 9.53 Å². The monoisotopic (exact) mass is 391 g/mol. The highest BCUT2D eigenvalue weighted by Crippen LogP contribution is 2.25. The average molecular weight is 391 g/mol. The van der Waals surface area contributed by atoms with Gasteiger partial charge in [0.25, 0.3) is 6.47 Å². The van der Waals surface area contributed by atoms with Gasteiger partial charge < -0.3 is 4.74 Å². The van der Waals surface area contributed by atoms with Gasteiger partial charge >= 0.3 is 0 Å². The summed E-state index contributed by atoms with van der Waals surface area (Å²) in [5.74, 6) is 0.0928. The smallest absolute Gasteiger partial charge is 0.293 e. The van der Waals surface area contributed by atoms with Crippen molar-refractivity contribution in [3.8, 4) is 5.69 Å². The molecular weight excluding hydrogens is 366 g/mol. The summed E-state index contributed by atoms with van der Waals surface area (Å²) in [6, 6.07) is 7.84. The van der Waals surface area contributed by atoms with Gasteiger partial charge in [-0.05, 0) is 49.1 Å². The fourth-order valence-electron chi connectivity index (χ4n) is 3.14. The Balaban J connectivity index is 1.99. The highest BCUT2D eigenvalue weighted by molar-refractivity contribution is 5.84. The van der Waals surface area contributed by atoms with Crippen LogP contribution in [0.25, 0.3) is 22.2 Å². The molecule has 1 unspecified atom stereocenters. The van der Waals surface area contributed by atoms with Crippen molar-refractivity contribution in [2.45, 2.75) is 40.2 Å². The van der Waals surface area contributed by atoms with Gasteiger partial charge in [0.2, 0.25) is 0 Å². The third kappa shape index (κ3) is 4.56. The minimum absolute atomic E-state index is 0.0928. The Morgan fingerprint density at radius 3 is 2.72 bits per heavy atom. The van der Waals surface area contributed by atoms with Crippen molar-refractivity contribution >= 4 is 22.9 Å². The molecule has 0 fully saturated rings. The summed E-state index contributed by atoms with van der Waals surface area (Å²) in [7, 11) is 0. The van der Waals surface area contributed by atoms with E-state index in [9.17, 15) is 4.79 Å². The summed E-state index contributed by atoms with van der Waals surface area (Å²) in [5.41, 5.74) is 4.13. The minimum Gasteiger partial charge on any atom is -0.458 e. The Bertz CT molecular complexity index is 1050. The lowest BCUT2D eigenvalue weighted by molar-refractivity contribution is -0.136. The van der Waals surface area contributed by atoms with Gasteiger partial charge in [0.05, 0.1) is 23.1 Å². The number of hydrogen-bond acceptors (Lipinski definition) is 6. The third-order valence-electron chi connectivity index (χ3n) is 4.51. The van der Waals surface area contributed by atoms with Gasteiger partial charge in [0.1, 0.15) is 11.8 Å². The summed E-state index contributed by atoms with van der Waals surface area (Å²) in [6.45, 7) is 8.46. The van der Waals surface area contributed by atoms with Crippen LogP contribution in [0.1, 0.15) is 51.6 Å². The summed E-state index contributed by atoms with van der Waals surface area (Å²) >= 11 is 0. The number of fused-ring (bicyclic) bond motifs is 1. The van der Waals surface area contributed by atoms with E-state index in [-0.39, 0.29) is 5.92 Å². The molecule has 29 heavy (non-hydrogen) atoms. The average Bonchev–Trinajstić information content (AvgIpc) is 3.20. The number of aromatic nitrogens is 5. The van der Waals surface area contributed by atoms with E-state index in [0.717, 1.165) is 34.3 Å². The number of allylic oxidation sites excluding steroid dienone is 4. The standard InChI is InChI=1S/C22H25N5O2/c1-5-7-16(8-6-2)20-12-17-11-18(9-10-19(17)23-24-20)27-13-21(25-26-27)22(15(3)4)29-14-28/h5,7-15,22H,6H2,1-4H3/b7-5-,16-8+. The summed E-state index contributed by atoms with van der Waals surface area (Å²) in [6.07, 6.45) is 8.43. The van der Waals surface area contributed by atoms with Gasteiger partial charge in [0.15, 0.2) is 0 Å². The SMILES string of the molecule is C/C=C\C(=C/CC)c1cc2cc(-n3cc(C(OC=O)C(C)C)nn3)ccc2nn1. The maximum absolute atomic E-state index is 10.8. The van der Waals surface area contributed by atoms with Crippen LogP contribution in [0.4, 0.5) is 0 Å². The van der Waals surface area contributed by atoms with Crippen LogP contribution in [0.15, 0.2) is 48.7 Å². The quantitative estimate of drug-likeness (QED) is 0.417. The number of hydrogen-bond donors (Lipinski definition) is 0. The molecule has 3 rings (SSSR count). The molecule has 0 aliphatic rings. The topological polar surface area (TPSA) is 82.8 Å². The number of carbonyl (C=O) groups is 1. The zero-order chi connectivity index (χ0) is 20.8. The van der Waals surface area contributed by atoms with Gasteiger partial charge in [-0.1, -0.05) is 44.2 Å². The lowest BCUT2D eigenvalue weighted by atomic mass is 10.1. The molecule has 150 valence electrons. The molecule has 0 saturated carbocycles. The molecule has 7 nitrogen and oxygen atoms in total. The van der Waals surface area contributed by atoms with E-state index in [1.165, 1.54) is 0 Å².